The van der Waals surface area contributed by atoms with Crippen LogP contribution in [0.2, 0.25) is 0 Å². The van der Waals surface area contributed by atoms with Gasteiger partial charge < -0.3 is 10.1 Å². The number of hydrogen-bond donors (Lipinski definition) is 1. The summed E-state index contributed by atoms with van der Waals surface area (Å²) in [6.07, 6.45) is 2.09. The molecule has 5 atom stereocenters. The third-order valence-corrected chi connectivity index (χ3v) is 6.43. The van der Waals surface area contributed by atoms with Gasteiger partial charge in [0, 0.05) is 23.4 Å². The van der Waals surface area contributed by atoms with E-state index < -0.39 is 10.8 Å². The van der Waals surface area contributed by atoms with Crippen LogP contribution >= 0.6 is 0 Å². The standard InChI is InChI=1S/C17H27NO2S/c1-4-11-18-17(15-8-6-5-7-9-15)14(3)21(19)16-10-12-20-13(16)2/h5-9,13-14,16-18H,4,10-12H2,1-3H3. The molecule has 118 valence electrons. The molecule has 1 aliphatic rings. The van der Waals surface area contributed by atoms with Gasteiger partial charge in [0.1, 0.15) is 0 Å². The van der Waals surface area contributed by atoms with Crippen LogP contribution in [0.25, 0.3) is 0 Å². The Morgan fingerprint density at radius 3 is 2.67 bits per heavy atom. The fraction of sp³-hybridized carbons (Fsp3) is 0.647. The summed E-state index contributed by atoms with van der Waals surface area (Å²) in [5.41, 5.74) is 1.22. The van der Waals surface area contributed by atoms with Crippen LogP contribution in [0.5, 0.6) is 0 Å². The molecule has 0 radical (unpaired) electrons. The zero-order valence-corrected chi connectivity index (χ0v) is 14.1. The lowest BCUT2D eigenvalue weighted by Gasteiger charge is -2.28. The molecule has 1 saturated heterocycles. The van der Waals surface area contributed by atoms with Gasteiger partial charge in [-0.25, -0.2) is 0 Å². The van der Waals surface area contributed by atoms with E-state index in [-0.39, 0.29) is 22.6 Å². The van der Waals surface area contributed by atoms with Gasteiger partial charge in [0.2, 0.25) is 0 Å². The molecule has 21 heavy (non-hydrogen) atoms. The van der Waals surface area contributed by atoms with E-state index in [1.54, 1.807) is 0 Å². The van der Waals surface area contributed by atoms with Crippen molar-refractivity contribution in [1.82, 2.24) is 5.32 Å². The molecule has 1 heterocycles. The zero-order chi connectivity index (χ0) is 15.2. The van der Waals surface area contributed by atoms with Gasteiger partial charge in [0.25, 0.3) is 0 Å². The Morgan fingerprint density at radius 2 is 2.10 bits per heavy atom. The lowest BCUT2D eigenvalue weighted by atomic mass is 10.0. The van der Waals surface area contributed by atoms with Crippen molar-refractivity contribution in [2.45, 2.75) is 56.3 Å². The van der Waals surface area contributed by atoms with Crippen LogP contribution < -0.4 is 5.32 Å². The van der Waals surface area contributed by atoms with Gasteiger partial charge in [-0.15, -0.1) is 0 Å². The molecular weight excluding hydrogens is 282 g/mol. The summed E-state index contributed by atoms with van der Waals surface area (Å²) in [6.45, 7) is 7.98. The molecule has 4 heteroatoms. The van der Waals surface area contributed by atoms with E-state index in [1.165, 1.54) is 5.56 Å². The van der Waals surface area contributed by atoms with Crippen LogP contribution in [0.15, 0.2) is 30.3 Å². The summed E-state index contributed by atoms with van der Waals surface area (Å²) in [5.74, 6) is 0. The van der Waals surface area contributed by atoms with E-state index in [2.05, 4.69) is 31.3 Å². The summed E-state index contributed by atoms with van der Waals surface area (Å²) in [7, 11) is -0.892. The molecule has 0 spiro atoms. The molecule has 1 N–H and O–H groups in total. The van der Waals surface area contributed by atoms with E-state index in [0.717, 1.165) is 26.0 Å². The number of rotatable bonds is 7. The first-order chi connectivity index (χ1) is 10.1. The highest BCUT2D eigenvalue weighted by Crippen LogP contribution is 2.27. The topological polar surface area (TPSA) is 38.3 Å². The number of nitrogens with one attached hydrogen (secondary N) is 1. The van der Waals surface area contributed by atoms with Crippen molar-refractivity contribution in [3.8, 4) is 0 Å². The predicted molar refractivity (Wildman–Crippen MR) is 88.9 cm³/mol. The van der Waals surface area contributed by atoms with Crippen molar-refractivity contribution in [2.24, 2.45) is 0 Å². The Morgan fingerprint density at radius 1 is 1.38 bits per heavy atom. The van der Waals surface area contributed by atoms with E-state index in [0.29, 0.717) is 0 Å². The molecule has 0 bridgehead atoms. The molecule has 0 aromatic heterocycles. The minimum Gasteiger partial charge on any atom is -0.377 e. The van der Waals surface area contributed by atoms with Crippen LogP contribution in [-0.2, 0) is 15.5 Å². The number of benzene rings is 1. The molecule has 1 aromatic carbocycles. The van der Waals surface area contributed by atoms with E-state index in [4.69, 9.17) is 4.74 Å². The predicted octanol–water partition coefficient (Wildman–Crippen LogP) is 3.04. The van der Waals surface area contributed by atoms with Crippen molar-refractivity contribution in [2.75, 3.05) is 13.2 Å². The average molecular weight is 309 g/mol. The van der Waals surface area contributed by atoms with Gasteiger partial charge in [-0.3, -0.25) is 4.21 Å². The van der Waals surface area contributed by atoms with Gasteiger partial charge in [-0.05, 0) is 38.8 Å². The smallest absolute Gasteiger partial charge is 0.0691 e. The summed E-state index contributed by atoms with van der Waals surface area (Å²) < 4.78 is 18.5. The van der Waals surface area contributed by atoms with Crippen LogP contribution in [-0.4, -0.2) is 34.0 Å². The van der Waals surface area contributed by atoms with Crippen molar-refractivity contribution in [1.29, 1.82) is 0 Å². The molecular formula is C17H27NO2S. The van der Waals surface area contributed by atoms with Crippen LogP contribution in [0, 0.1) is 0 Å². The Hall–Kier alpha value is -0.710. The van der Waals surface area contributed by atoms with Crippen LogP contribution in [0.4, 0.5) is 0 Å². The van der Waals surface area contributed by atoms with Gasteiger partial charge >= 0.3 is 0 Å². The molecule has 2 rings (SSSR count). The van der Waals surface area contributed by atoms with Crippen molar-refractivity contribution in [3.63, 3.8) is 0 Å². The maximum atomic E-state index is 12.9. The maximum absolute atomic E-state index is 12.9. The van der Waals surface area contributed by atoms with Crippen molar-refractivity contribution < 1.29 is 8.95 Å². The van der Waals surface area contributed by atoms with E-state index >= 15 is 0 Å². The zero-order valence-electron chi connectivity index (χ0n) is 13.2. The Balaban J connectivity index is 2.13. The highest BCUT2D eigenvalue weighted by Gasteiger charge is 2.35. The fourth-order valence-corrected chi connectivity index (χ4v) is 4.80. The summed E-state index contributed by atoms with van der Waals surface area (Å²) in [5, 5.41) is 3.81. The lowest BCUT2D eigenvalue weighted by Crippen LogP contribution is -2.38. The first-order valence-electron chi connectivity index (χ1n) is 7.94. The molecule has 5 unspecified atom stereocenters. The molecule has 1 fully saturated rings. The Kier molecular flexibility index (Phi) is 6.40. The molecule has 1 aromatic rings. The Labute approximate surface area is 130 Å². The molecule has 0 amide bonds. The van der Waals surface area contributed by atoms with E-state index in [1.807, 2.05) is 25.1 Å². The average Bonchev–Trinajstić information content (AvgIpc) is 2.94. The number of hydrogen-bond acceptors (Lipinski definition) is 3. The second-order valence-electron chi connectivity index (χ2n) is 5.78. The largest absolute Gasteiger partial charge is 0.377 e. The third kappa shape index (κ3) is 4.15. The molecule has 0 aliphatic carbocycles. The number of ether oxygens (including phenoxy) is 1. The summed E-state index contributed by atoms with van der Waals surface area (Å²) in [4.78, 5) is 0. The maximum Gasteiger partial charge on any atom is 0.0691 e. The first-order valence-corrected chi connectivity index (χ1v) is 9.22. The second kappa shape index (κ2) is 8.06. The lowest BCUT2D eigenvalue weighted by molar-refractivity contribution is 0.126. The van der Waals surface area contributed by atoms with Gasteiger partial charge in [0.05, 0.1) is 16.6 Å². The van der Waals surface area contributed by atoms with Gasteiger partial charge in [-0.1, -0.05) is 37.3 Å². The SMILES string of the molecule is CCCNC(c1ccccc1)C(C)S(=O)C1CCOC1C. The minimum absolute atomic E-state index is 0.0769. The summed E-state index contributed by atoms with van der Waals surface area (Å²) in [6, 6.07) is 10.5. The fourth-order valence-electron chi connectivity index (χ4n) is 2.94. The quantitative estimate of drug-likeness (QED) is 0.841. The molecule has 0 saturated carbocycles. The van der Waals surface area contributed by atoms with Gasteiger partial charge in [-0.2, -0.15) is 0 Å². The molecule has 1 aliphatic heterocycles. The highest BCUT2D eigenvalue weighted by atomic mass is 32.2. The first kappa shape index (κ1) is 16.7. The Bertz CT molecular complexity index is 451. The van der Waals surface area contributed by atoms with E-state index in [9.17, 15) is 4.21 Å². The van der Waals surface area contributed by atoms with Crippen LogP contribution in [0.3, 0.4) is 0 Å². The third-order valence-electron chi connectivity index (χ3n) is 4.21. The van der Waals surface area contributed by atoms with Crippen LogP contribution in [0.1, 0.15) is 45.2 Å². The highest BCUT2D eigenvalue weighted by molar-refractivity contribution is 7.86. The second-order valence-corrected chi connectivity index (χ2v) is 7.79. The van der Waals surface area contributed by atoms with Crippen molar-refractivity contribution in [3.05, 3.63) is 35.9 Å². The van der Waals surface area contributed by atoms with Crippen molar-refractivity contribution >= 4 is 10.8 Å². The normalized spacial score (nSPS) is 26.4. The van der Waals surface area contributed by atoms with Gasteiger partial charge in [0.15, 0.2) is 0 Å². The monoisotopic (exact) mass is 309 g/mol. The summed E-state index contributed by atoms with van der Waals surface area (Å²) >= 11 is 0. The molecule has 3 nitrogen and oxygen atoms in total. The minimum atomic E-state index is -0.892.